The summed E-state index contributed by atoms with van der Waals surface area (Å²) in [7, 11) is 2.89. The molecule has 10 heteroatoms. The van der Waals surface area contributed by atoms with E-state index >= 15 is 0 Å². The first-order valence-corrected chi connectivity index (χ1v) is 14.4. The van der Waals surface area contributed by atoms with Gasteiger partial charge in [-0.1, -0.05) is 24.0 Å². The topological polar surface area (TPSA) is 102 Å². The fraction of sp³-hybridized carbons (Fsp3) is 0.414. The van der Waals surface area contributed by atoms with Gasteiger partial charge < -0.3 is 23.4 Å². The summed E-state index contributed by atoms with van der Waals surface area (Å²) in [5.74, 6) is 3.40. The van der Waals surface area contributed by atoms with Crippen LogP contribution in [0.15, 0.2) is 42.8 Å². The number of carbonyl (C=O) groups is 1. The molecule has 2 aromatic heterocycles. The van der Waals surface area contributed by atoms with E-state index in [1.165, 1.54) is 58.1 Å². The molecule has 0 spiro atoms. The number of rotatable bonds is 5. The Balaban J connectivity index is 1.19. The SMILES string of the molecule is COc1ccc2c(O)c(-c3ccc(/C=C4/SC(=S)N(C5C6CC7CC(C6)CC5C7)C4=O)o3)c(=O)oc2c1OC. The number of carbonyl (C=O) groups excluding carboxylic acids is 1. The van der Waals surface area contributed by atoms with E-state index in [2.05, 4.69) is 0 Å². The first-order chi connectivity index (χ1) is 18.9. The Hall–Kier alpha value is -3.24. The van der Waals surface area contributed by atoms with Crippen LogP contribution in [-0.4, -0.2) is 40.5 Å². The van der Waals surface area contributed by atoms with E-state index in [-0.39, 0.29) is 45.7 Å². The zero-order valence-electron chi connectivity index (χ0n) is 21.5. The Kier molecular flexibility index (Phi) is 5.82. The van der Waals surface area contributed by atoms with Crippen LogP contribution in [0.4, 0.5) is 0 Å². The van der Waals surface area contributed by atoms with Crippen molar-refractivity contribution in [3.05, 3.63) is 45.4 Å². The average Bonchev–Trinajstić information content (AvgIpc) is 3.47. The lowest BCUT2D eigenvalue weighted by Crippen LogP contribution is -2.57. The highest BCUT2D eigenvalue weighted by molar-refractivity contribution is 8.26. The Morgan fingerprint density at radius 3 is 2.38 bits per heavy atom. The fourth-order valence-corrected chi connectivity index (χ4v) is 8.85. The molecule has 4 saturated carbocycles. The van der Waals surface area contributed by atoms with Gasteiger partial charge in [-0.05, 0) is 80.0 Å². The van der Waals surface area contributed by atoms with Crippen molar-refractivity contribution < 1.29 is 28.2 Å². The molecular weight excluding hydrogens is 538 g/mol. The molecular formula is C29H27NO7S2. The number of nitrogens with zero attached hydrogens (tertiary/aromatic N) is 1. The second-order valence-corrected chi connectivity index (χ2v) is 12.6. The number of hydrogen-bond acceptors (Lipinski definition) is 9. The number of benzene rings is 1. The summed E-state index contributed by atoms with van der Waals surface area (Å²) in [6, 6.07) is 6.62. The third-order valence-electron chi connectivity index (χ3n) is 8.84. The van der Waals surface area contributed by atoms with Crippen LogP contribution in [0.25, 0.3) is 28.4 Å². The Morgan fingerprint density at radius 1 is 1.00 bits per heavy atom. The molecule has 3 heterocycles. The van der Waals surface area contributed by atoms with E-state index < -0.39 is 5.63 Å². The quantitative estimate of drug-likeness (QED) is 0.234. The number of thiocarbonyl (C=S) groups is 1. The van der Waals surface area contributed by atoms with Crippen molar-refractivity contribution in [1.82, 2.24) is 4.90 Å². The summed E-state index contributed by atoms with van der Waals surface area (Å²) < 4.78 is 22.6. The van der Waals surface area contributed by atoms with Crippen LogP contribution in [0.3, 0.4) is 0 Å². The smallest absolute Gasteiger partial charge is 0.351 e. The molecule has 8 rings (SSSR count). The minimum absolute atomic E-state index is 0.0725. The van der Waals surface area contributed by atoms with Crippen molar-refractivity contribution in [2.75, 3.05) is 14.2 Å². The molecule has 39 heavy (non-hydrogen) atoms. The van der Waals surface area contributed by atoms with Crippen LogP contribution in [0.2, 0.25) is 0 Å². The number of hydrogen-bond donors (Lipinski definition) is 1. The summed E-state index contributed by atoms with van der Waals surface area (Å²) in [5.41, 5.74) is -0.834. The molecule has 1 aromatic carbocycles. The Bertz CT molecular complexity index is 1590. The van der Waals surface area contributed by atoms with Gasteiger partial charge in [0.2, 0.25) is 5.75 Å². The van der Waals surface area contributed by atoms with Crippen LogP contribution in [0.1, 0.15) is 37.9 Å². The standard InChI is InChI=1S/C29H27NO7S2/c1-34-20-6-4-18-24(31)22(28(33)37-25(18)26(20)35-2)19-5-3-17(36-19)12-21-27(32)30(29(38)39-21)23-15-8-13-7-14(10-15)11-16(23)9-13/h3-6,12-16,23,31H,7-11H2,1-2H3/b21-12+. The van der Waals surface area contributed by atoms with Gasteiger partial charge in [-0.15, -0.1) is 0 Å². The molecule has 4 bridgehead atoms. The molecule has 0 unspecified atom stereocenters. The number of amides is 1. The molecule has 0 atom stereocenters. The van der Waals surface area contributed by atoms with E-state index in [0.29, 0.717) is 32.6 Å². The predicted octanol–water partition coefficient (Wildman–Crippen LogP) is 5.80. The highest BCUT2D eigenvalue weighted by atomic mass is 32.2. The van der Waals surface area contributed by atoms with Gasteiger partial charge in [0.15, 0.2) is 11.3 Å². The molecule has 1 aliphatic heterocycles. The minimum atomic E-state index is -0.791. The molecule has 3 aromatic rings. The van der Waals surface area contributed by atoms with Gasteiger partial charge in [-0.25, -0.2) is 4.79 Å². The zero-order chi connectivity index (χ0) is 27.0. The van der Waals surface area contributed by atoms with E-state index in [1.807, 2.05) is 4.90 Å². The lowest BCUT2D eigenvalue weighted by atomic mass is 9.54. The summed E-state index contributed by atoms with van der Waals surface area (Å²) in [6.07, 6.45) is 7.81. The van der Waals surface area contributed by atoms with Crippen molar-refractivity contribution in [3.63, 3.8) is 0 Å². The first-order valence-electron chi connectivity index (χ1n) is 13.1. The molecule has 202 valence electrons. The number of methoxy groups -OCH3 is 2. The highest BCUT2D eigenvalue weighted by Crippen LogP contribution is 2.56. The second-order valence-electron chi connectivity index (χ2n) is 11.0. The maximum absolute atomic E-state index is 13.6. The summed E-state index contributed by atoms with van der Waals surface area (Å²) >= 11 is 7.00. The molecule has 4 aliphatic carbocycles. The predicted molar refractivity (Wildman–Crippen MR) is 151 cm³/mol. The summed E-state index contributed by atoms with van der Waals surface area (Å²) in [6.45, 7) is 0. The van der Waals surface area contributed by atoms with Crippen molar-refractivity contribution >= 4 is 51.3 Å². The monoisotopic (exact) mass is 565 g/mol. The van der Waals surface area contributed by atoms with E-state index in [1.54, 1.807) is 30.3 Å². The second kappa shape index (κ2) is 9.16. The van der Waals surface area contributed by atoms with Crippen LogP contribution in [0, 0.1) is 23.7 Å². The lowest BCUT2D eigenvalue weighted by molar-refractivity contribution is -0.130. The van der Waals surface area contributed by atoms with Gasteiger partial charge in [0.1, 0.15) is 27.2 Å². The van der Waals surface area contributed by atoms with Gasteiger partial charge in [-0.2, -0.15) is 0 Å². The molecule has 1 amide bonds. The molecule has 0 radical (unpaired) electrons. The van der Waals surface area contributed by atoms with Gasteiger partial charge in [0.05, 0.1) is 24.5 Å². The lowest BCUT2D eigenvalue weighted by Gasteiger charge is -2.56. The third-order valence-corrected chi connectivity index (χ3v) is 10.2. The molecule has 5 aliphatic rings. The fourth-order valence-electron chi connectivity index (χ4n) is 7.53. The van der Waals surface area contributed by atoms with Crippen molar-refractivity contribution in [2.45, 2.75) is 38.1 Å². The van der Waals surface area contributed by atoms with E-state index in [9.17, 15) is 14.7 Å². The summed E-state index contributed by atoms with van der Waals surface area (Å²) in [4.78, 5) is 28.9. The average molecular weight is 566 g/mol. The van der Waals surface area contributed by atoms with Crippen LogP contribution in [-0.2, 0) is 4.79 Å². The van der Waals surface area contributed by atoms with Gasteiger partial charge in [0.25, 0.3) is 5.91 Å². The molecule has 1 saturated heterocycles. The Morgan fingerprint density at radius 2 is 1.72 bits per heavy atom. The maximum atomic E-state index is 13.6. The minimum Gasteiger partial charge on any atom is -0.506 e. The molecule has 5 fully saturated rings. The van der Waals surface area contributed by atoms with Gasteiger partial charge >= 0.3 is 5.63 Å². The van der Waals surface area contributed by atoms with Crippen LogP contribution in [0.5, 0.6) is 17.2 Å². The maximum Gasteiger partial charge on any atom is 0.351 e. The third kappa shape index (κ3) is 3.82. The number of fused-ring (bicyclic) bond motifs is 1. The van der Waals surface area contributed by atoms with Crippen LogP contribution < -0.4 is 15.1 Å². The molecule has 8 nitrogen and oxygen atoms in total. The zero-order valence-corrected chi connectivity index (χ0v) is 23.1. The number of aromatic hydroxyl groups is 1. The first kappa shape index (κ1) is 24.8. The van der Waals surface area contributed by atoms with E-state index in [0.717, 1.165) is 11.8 Å². The largest absolute Gasteiger partial charge is 0.506 e. The van der Waals surface area contributed by atoms with Gasteiger partial charge in [-0.3, -0.25) is 9.69 Å². The van der Waals surface area contributed by atoms with Gasteiger partial charge in [0, 0.05) is 12.1 Å². The number of thioether (sulfide) groups is 1. The van der Waals surface area contributed by atoms with Crippen LogP contribution >= 0.6 is 24.0 Å². The van der Waals surface area contributed by atoms with Crippen molar-refractivity contribution in [2.24, 2.45) is 23.7 Å². The van der Waals surface area contributed by atoms with E-state index in [4.69, 9.17) is 30.5 Å². The highest BCUT2D eigenvalue weighted by Gasteiger charge is 2.53. The number of furan rings is 1. The molecule has 1 N–H and O–H groups in total. The Labute approximate surface area is 233 Å². The summed E-state index contributed by atoms with van der Waals surface area (Å²) in [5, 5.41) is 11.3. The normalized spacial score (nSPS) is 28.7. The van der Waals surface area contributed by atoms with Crippen molar-refractivity contribution in [3.8, 4) is 28.6 Å². The number of ether oxygens (including phenoxy) is 2. The van der Waals surface area contributed by atoms with Crippen molar-refractivity contribution in [1.29, 1.82) is 0 Å².